The Hall–Kier alpha value is -1.41. The van der Waals surface area contributed by atoms with E-state index in [0.29, 0.717) is 16.7 Å². The summed E-state index contributed by atoms with van der Waals surface area (Å²) < 4.78 is 0. The largest absolute Gasteiger partial charge is 0.393 e. The molecule has 2 fully saturated rings. The molecule has 0 spiro atoms. The van der Waals surface area contributed by atoms with E-state index in [1.54, 1.807) is 11.1 Å². The number of aliphatic hydroxyl groups is 1. The van der Waals surface area contributed by atoms with Gasteiger partial charge in [-0.25, -0.2) is 0 Å². The maximum Gasteiger partial charge on any atom is 0.0577 e. The Morgan fingerprint density at radius 2 is 1.78 bits per heavy atom. The topological polar surface area (TPSA) is 33.1 Å². The molecule has 0 bridgehead atoms. The van der Waals surface area contributed by atoms with E-state index in [1.165, 1.54) is 31.2 Å². The van der Waals surface area contributed by atoms with Crippen LogP contribution in [-0.4, -0.2) is 16.2 Å². The second kappa shape index (κ2) is 6.04. The maximum atomic E-state index is 10.2. The number of fused-ring (bicyclic) bond motifs is 5. The molecule has 27 heavy (non-hydrogen) atoms. The zero-order chi connectivity index (χ0) is 18.8. The normalized spacial score (nSPS) is 46.0. The summed E-state index contributed by atoms with van der Waals surface area (Å²) in [5, 5.41) is 10.2. The van der Waals surface area contributed by atoms with E-state index in [2.05, 4.69) is 50.0 Å². The van der Waals surface area contributed by atoms with E-state index in [0.717, 1.165) is 30.6 Å². The van der Waals surface area contributed by atoms with E-state index >= 15 is 0 Å². The monoisotopic (exact) mass is 363 g/mol. The molecule has 1 aromatic heterocycles. The molecule has 1 aromatic rings. The van der Waals surface area contributed by atoms with Crippen LogP contribution in [0.4, 0.5) is 0 Å². The molecule has 5 rings (SSSR count). The molecular formula is C25H33NO. The van der Waals surface area contributed by atoms with Crippen LogP contribution in [0.5, 0.6) is 0 Å². The number of hydrogen-bond donors (Lipinski definition) is 1. The van der Waals surface area contributed by atoms with E-state index in [4.69, 9.17) is 0 Å². The Labute approximate surface area is 163 Å². The number of aromatic nitrogens is 1. The first-order valence-corrected chi connectivity index (χ1v) is 10.9. The van der Waals surface area contributed by atoms with Crippen molar-refractivity contribution in [2.75, 3.05) is 0 Å². The quantitative estimate of drug-likeness (QED) is 0.655. The van der Waals surface area contributed by atoms with Crippen molar-refractivity contribution in [1.29, 1.82) is 0 Å². The van der Waals surface area contributed by atoms with Gasteiger partial charge in [0.05, 0.1) is 6.10 Å². The average Bonchev–Trinajstić information content (AvgIpc) is 3.01. The Morgan fingerprint density at radius 1 is 1.04 bits per heavy atom. The Kier molecular flexibility index (Phi) is 3.95. The number of rotatable bonds is 1. The van der Waals surface area contributed by atoms with Gasteiger partial charge in [0.15, 0.2) is 0 Å². The lowest BCUT2D eigenvalue weighted by Gasteiger charge is -2.59. The Morgan fingerprint density at radius 3 is 2.56 bits per heavy atom. The van der Waals surface area contributed by atoms with Gasteiger partial charge >= 0.3 is 0 Å². The highest BCUT2D eigenvalue weighted by Gasteiger charge is 2.58. The van der Waals surface area contributed by atoms with Gasteiger partial charge in [-0.05, 0) is 96.3 Å². The second-order valence-electron chi connectivity index (χ2n) is 10.2. The SMILES string of the molecule is C[C@@H]1C=C2CC(O)CC[C@]2(C)[C@H]2CC[C@]3(C)C(c4ccncc4)=CC[C@H]3[C@H]12. The van der Waals surface area contributed by atoms with Crippen LogP contribution in [0.3, 0.4) is 0 Å². The second-order valence-corrected chi connectivity index (χ2v) is 10.2. The predicted octanol–water partition coefficient (Wildman–Crippen LogP) is 5.64. The van der Waals surface area contributed by atoms with E-state index in [-0.39, 0.29) is 6.10 Å². The zero-order valence-electron chi connectivity index (χ0n) is 17.0. The van der Waals surface area contributed by atoms with Crippen molar-refractivity contribution < 1.29 is 5.11 Å². The summed E-state index contributed by atoms with van der Waals surface area (Å²) >= 11 is 0. The van der Waals surface area contributed by atoms with E-state index in [9.17, 15) is 5.11 Å². The molecule has 0 aliphatic heterocycles. The minimum absolute atomic E-state index is 0.117. The van der Waals surface area contributed by atoms with Crippen LogP contribution >= 0.6 is 0 Å². The third-order valence-electron chi connectivity index (χ3n) is 8.98. The third kappa shape index (κ3) is 2.45. The minimum Gasteiger partial charge on any atom is -0.393 e. The number of hydrogen-bond acceptors (Lipinski definition) is 2. The molecule has 2 nitrogen and oxygen atoms in total. The van der Waals surface area contributed by atoms with Gasteiger partial charge in [0, 0.05) is 12.4 Å². The Bertz CT molecular complexity index is 796. The molecule has 144 valence electrons. The number of allylic oxidation sites excluding steroid dienone is 3. The van der Waals surface area contributed by atoms with Crippen LogP contribution in [0.15, 0.2) is 42.3 Å². The van der Waals surface area contributed by atoms with Crippen molar-refractivity contribution in [2.24, 2.45) is 34.5 Å². The van der Waals surface area contributed by atoms with Crippen LogP contribution in [0.25, 0.3) is 5.57 Å². The predicted molar refractivity (Wildman–Crippen MR) is 110 cm³/mol. The van der Waals surface area contributed by atoms with Crippen molar-refractivity contribution >= 4 is 5.57 Å². The van der Waals surface area contributed by atoms with Crippen molar-refractivity contribution in [1.82, 2.24) is 4.98 Å². The molecule has 1 unspecified atom stereocenters. The standard InChI is InChI=1S/C25H33NO/c1-16-14-18-15-19(27)6-10-24(18,2)22-7-11-25(3)20(4-5-21(25)23(16)22)17-8-12-26-13-9-17/h4,8-9,12-14,16,19,21-23,27H,5-7,10-11,15H2,1-3H3/t16-,19?,21+,22+,23+,24+,25-/m1/s1. The highest BCUT2D eigenvalue weighted by Crippen LogP contribution is 2.67. The van der Waals surface area contributed by atoms with Crippen LogP contribution in [-0.2, 0) is 0 Å². The van der Waals surface area contributed by atoms with Crippen LogP contribution in [0.2, 0.25) is 0 Å². The lowest BCUT2D eigenvalue weighted by Crippen LogP contribution is -2.52. The molecule has 2 saturated carbocycles. The van der Waals surface area contributed by atoms with Gasteiger partial charge in [-0.1, -0.05) is 38.5 Å². The van der Waals surface area contributed by atoms with Crippen molar-refractivity contribution in [3.8, 4) is 0 Å². The first kappa shape index (κ1) is 17.7. The van der Waals surface area contributed by atoms with Gasteiger partial charge in [-0.3, -0.25) is 4.98 Å². The van der Waals surface area contributed by atoms with Crippen LogP contribution < -0.4 is 0 Å². The molecule has 0 aromatic carbocycles. The summed E-state index contributed by atoms with van der Waals surface area (Å²) in [6, 6.07) is 4.38. The first-order valence-electron chi connectivity index (χ1n) is 10.9. The van der Waals surface area contributed by atoms with Crippen LogP contribution in [0.1, 0.15) is 64.9 Å². The summed E-state index contributed by atoms with van der Waals surface area (Å²) in [6.45, 7) is 7.50. The average molecular weight is 364 g/mol. The molecule has 0 radical (unpaired) electrons. The molecular weight excluding hydrogens is 330 g/mol. The fourth-order valence-electron chi connectivity index (χ4n) is 7.55. The van der Waals surface area contributed by atoms with E-state index < -0.39 is 0 Å². The Balaban J connectivity index is 1.52. The molecule has 0 saturated heterocycles. The van der Waals surface area contributed by atoms with E-state index in [1.807, 2.05) is 12.4 Å². The molecule has 2 heteroatoms. The molecule has 4 aliphatic rings. The highest BCUT2D eigenvalue weighted by atomic mass is 16.3. The van der Waals surface area contributed by atoms with Crippen molar-refractivity contribution in [2.45, 2.75) is 65.4 Å². The van der Waals surface area contributed by atoms with Gasteiger partial charge in [0.1, 0.15) is 0 Å². The molecule has 1 N–H and O–H groups in total. The van der Waals surface area contributed by atoms with Gasteiger partial charge in [0.25, 0.3) is 0 Å². The van der Waals surface area contributed by atoms with Crippen molar-refractivity contribution in [3.63, 3.8) is 0 Å². The lowest BCUT2D eigenvalue weighted by molar-refractivity contribution is -0.0425. The number of aliphatic hydroxyl groups excluding tert-OH is 1. The minimum atomic E-state index is -0.117. The van der Waals surface area contributed by atoms with Gasteiger partial charge in [0.2, 0.25) is 0 Å². The highest BCUT2D eigenvalue weighted by molar-refractivity contribution is 5.72. The summed E-state index contributed by atoms with van der Waals surface area (Å²) in [7, 11) is 0. The fraction of sp³-hybridized carbons (Fsp3) is 0.640. The number of pyridine rings is 1. The molecule has 1 heterocycles. The summed E-state index contributed by atoms with van der Waals surface area (Å²) in [5.74, 6) is 2.92. The van der Waals surface area contributed by atoms with Gasteiger partial charge in [-0.15, -0.1) is 0 Å². The summed E-state index contributed by atoms with van der Waals surface area (Å²) in [5.41, 5.74) is 5.13. The summed E-state index contributed by atoms with van der Waals surface area (Å²) in [4.78, 5) is 4.23. The zero-order valence-corrected chi connectivity index (χ0v) is 17.0. The fourth-order valence-corrected chi connectivity index (χ4v) is 7.55. The lowest BCUT2D eigenvalue weighted by atomic mass is 9.45. The molecule has 7 atom stereocenters. The molecule has 4 aliphatic carbocycles. The van der Waals surface area contributed by atoms with Crippen molar-refractivity contribution in [3.05, 3.63) is 47.8 Å². The summed E-state index contributed by atoms with van der Waals surface area (Å²) in [6.07, 6.45) is 15.8. The smallest absolute Gasteiger partial charge is 0.0577 e. The maximum absolute atomic E-state index is 10.2. The third-order valence-corrected chi connectivity index (χ3v) is 8.98. The molecule has 0 amide bonds. The van der Waals surface area contributed by atoms with Gasteiger partial charge in [-0.2, -0.15) is 0 Å². The van der Waals surface area contributed by atoms with Gasteiger partial charge < -0.3 is 5.11 Å². The number of nitrogens with zero attached hydrogens (tertiary/aromatic N) is 1. The first-order chi connectivity index (χ1) is 12.9. The van der Waals surface area contributed by atoms with Crippen LogP contribution in [0, 0.1) is 34.5 Å².